The van der Waals surface area contributed by atoms with Crippen LogP contribution in [0.2, 0.25) is 5.02 Å². The number of rotatable bonds is 8. The maximum atomic E-state index is 13.4. The number of carbonyl (C=O) groups excluding carboxylic acids is 2. The van der Waals surface area contributed by atoms with Crippen molar-refractivity contribution in [3.8, 4) is 0 Å². The summed E-state index contributed by atoms with van der Waals surface area (Å²) in [5.41, 5.74) is 1.54. The van der Waals surface area contributed by atoms with Gasteiger partial charge in [0.25, 0.3) is 0 Å². The fraction of sp³-hybridized carbons (Fsp3) is 0.481. The minimum atomic E-state index is -3.24. The number of ether oxygens (including phenoxy) is 1. The van der Waals surface area contributed by atoms with Gasteiger partial charge < -0.3 is 19.9 Å². The first-order valence-corrected chi connectivity index (χ1v) is 14.8. The van der Waals surface area contributed by atoms with Gasteiger partial charge >= 0.3 is 6.09 Å². The summed E-state index contributed by atoms with van der Waals surface area (Å²) in [5.74, 6) is 0.198. The van der Waals surface area contributed by atoms with Gasteiger partial charge in [-0.2, -0.15) is 0 Å². The molecule has 0 bridgehead atoms. The highest BCUT2D eigenvalue weighted by Gasteiger charge is 2.47. The molecule has 8 nitrogen and oxygen atoms in total. The summed E-state index contributed by atoms with van der Waals surface area (Å²) in [7, 11) is -1.89. The Balaban J connectivity index is 1.32. The van der Waals surface area contributed by atoms with Crippen LogP contribution in [0.4, 0.5) is 4.79 Å². The highest BCUT2D eigenvalue weighted by Crippen LogP contribution is 2.42. The average molecular weight is 548 g/mol. The molecule has 1 N–H and O–H groups in total. The fourth-order valence-corrected chi connectivity index (χ4v) is 6.16. The molecule has 2 heterocycles. The molecular weight excluding hydrogens is 514 g/mol. The number of benzene rings is 2. The van der Waals surface area contributed by atoms with E-state index in [9.17, 15) is 18.0 Å². The van der Waals surface area contributed by atoms with Crippen LogP contribution in [0.3, 0.4) is 0 Å². The van der Waals surface area contributed by atoms with E-state index in [1.54, 1.807) is 30.3 Å². The summed E-state index contributed by atoms with van der Waals surface area (Å²) in [4.78, 5) is 29.8. The van der Waals surface area contributed by atoms with E-state index in [4.69, 9.17) is 16.3 Å². The van der Waals surface area contributed by atoms with E-state index in [0.29, 0.717) is 24.5 Å². The van der Waals surface area contributed by atoms with Crippen LogP contribution >= 0.6 is 11.6 Å². The quantitative estimate of drug-likeness (QED) is 0.536. The highest BCUT2D eigenvalue weighted by molar-refractivity contribution is 7.90. The lowest BCUT2D eigenvalue weighted by molar-refractivity contribution is -0.138. The summed E-state index contributed by atoms with van der Waals surface area (Å²) in [6.45, 7) is 3.63. The van der Waals surface area contributed by atoms with Crippen LogP contribution in [-0.4, -0.2) is 69.8 Å². The third-order valence-corrected chi connectivity index (χ3v) is 8.97. The largest absolute Gasteiger partial charge is 0.453 e. The van der Waals surface area contributed by atoms with E-state index in [-0.39, 0.29) is 22.3 Å². The zero-order chi connectivity index (χ0) is 26.6. The number of nitrogens with zero attached hydrogens (tertiary/aromatic N) is 2. The van der Waals surface area contributed by atoms with Gasteiger partial charge in [-0.25, -0.2) is 13.2 Å². The Labute approximate surface area is 223 Å². The Morgan fingerprint density at radius 1 is 1.11 bits per heavy atom. The van der Waals surface area contributed by atoms with Crippen molar-refractivity contribution in [1.29, 1.82) is 0 Å². The van der Waals surface area contributed by atoms with Crippen LogP contribution in [0.15, 0.2) is 53.4 Å². The molecule has 2 aromatic rings. The first-order valence-electron chi connectivity index (χ1n) is 12.5. The highest BCUT2D eigenvalue weighted by atomic mass is 35.5. The number of likely N-dealkylation sites (tertiary alicyclic amines) is 2. The van der Waals surface area contributed by atoms with Crippen molar-refractivity contribution in [2.24, 2.45) is 5.41 Å². The summed E-state index contributed by atoms with van der Waals surface area (Å²) in [5, 5.41) is 3.52. The van der Waals surface area contributed by atoms with E-state index < -0.39 is 15.9 Å². The summed E-state index contributed by atoms with van der Waals surface area (Å²) in [6, 6.07) is 14.0. The standard InChI is InChI=1S/C27H34ClN3O5S/c1-36-26(33)29-24(21-4-3-5-22(28)18-21)10-14-30-15-11-27(12-16-30)13-17-31(25(27)32)19-20-6-8-23(9-7-20)37(2,34)35/h3-9,18,24H,10-17,19H2,1-2H3,(H,29,33). The Morgan fingerprint density at radius 3 is 2.41 bits per heavy atom. The van der Waals surface area contributed by atoms with Gasteiger partial charge in [-0.1, -0.05) is 35.9 Å². The van der Waals surface area contributed by atoms with Gasteiger partial charge in [0.05, 0.1) is 23.5 Å². The number of hydrogen-bond acceptors (Lipinski definition) is 6. The summed E-state index contributed by atoms with van der Waals surface area (Å²) in [6.07, 6.45) is 3.87. The number of sulfone groups is 1. The van der Waals surface area contributed by atoms with Crippen molar-refractivity contribution in [2.45, 2.75) is 43.2 Å². The first kappa shape index (κ1) is 27.4. The SMILES string of the molecule is COC(=O)NC(CCN1CCC2(CC1)CCN(Cc1ccc(S(C)(=O)=O)cc1)C2=O)c1cccc(Cl)c1. The first-order chi connectivity index (χ1) is 17.6. The van der Waals surface area contributed by atoms with Crippen molar-refractivity contribution >= 4 is 33.4 Å². The molecule has 200 valence electrons. The smallest absolute Gasteiger partial charge is 0.407 e. The Hall–Kier alpha value is -2.62. The van der Waals surface area contributed by atoms with E-state index in [1.807, 2.05) is 23.1 Å². The molecule has 2 amide bonds. The molecule has 1 spiro atoms. The number of nitrogens with one attached hydrogen (secondary N) is 1. The topological polar surface area (TPSA) is 96.0 Å². The predicted octanol–water partition coefficient (Wildman–Crippen LogP) is 4.05. The maximum absolute atomic E-state index is 13.4. The van der Waals surface area contributed by atoms with Crippen LogP contribution in [0.5, 0.6) is 0 Å². The van der Waals surface area contributed by atoms with Crippen LogP contribution in [0, 0.1) is 5.41 Å². The second kappa shape index (κ2) is 11.4. The van der Waals surface area contributed by atoms with Gasteiger partial charge in [-0.05, 0) is 74.2 Å². The summed E-state index contributed by atoms with van der Waals surface area (Å²) < 4.78 is 28.2. The molecule has 2 saturated heterocycles. The molecule has 1 atom stereocenters. The molecule has 2 aliphatic rings. The van der Waals surface area contributed by atoms with Gasteiger partial charge in [0.1, 0.15) is 0 Å². The van der Waals surface area contributed by atoms with Gasteiger partial charge in [-0.3, -0.25) is 4.79 Å². The number of hydrogen-bond donors (Lipinski definition) is 1. The Kier molecular flexibility index (Phi) is 8.46. The third kappa shape index (κ3) is 6.64. The molecule has 2 fully saturated rings. The molecule has 2 aromatic carbocycles. The number of alkyl carbamates (subject to hydrolysis) is 1. The van der Waals surface area contributed by atoms with E-state index in [0.717, 1.165) is 50.0 Å². The zero-order valence-corrected chi connectivity index (χ0v) is 22.9. The lowest BCUT2D eigenvalue weighted by Gasteiger charge is -2.38. The number of amides is 2. The Bertz CT molecular complexity index is 1230. The molecule has 0 radical (unpaired) electrons. The number of carbonyl (C=O) groups is 2. The van der Waals surface area contributed by atoms with Crippen molar-refractivity contribution < 1.29 is 22.7 Å². The maximum Gasteiger partial charge on any atom is 0.407 e. The van der Waals surface area contributed by atoms with Crippen molar-refractivity contribution in [3.05, 3.63) is 64.7 Å². The molecule has 0 aliphatic carbocycles. The number of halogens is 1. The minimum Gasteiger partial charge on any atom is -0.453 e. The van der Waals surface area contributed by atoms with Gasteiger partial charge in [0.2, 0.25) is 5.91 Å². The zero-order valence-electron chi connectivity index (χ0n) is 21.3. The van der Waals surface area contributed by atoms with E-state index in [2.05, 4.69) is 10.2 Å². The molecular formula is C27H34ClN3O5S. The lowest BCUT2D eigenvalue weighted by atomic mass is 9.77. The molecule has 0 aromatic heterocycles. The van der Waals surface area contributed by atoms with Crippen LogP contribution in [0.1, 0.15) is 42.9 Å². The van der Waals surface area contributed by atoms with E-state index in [1.165, 1.54) is 13.4 Å². The fourth-order valence-electron chi connectivity index (χ4n) is 5.33. The van der Waals surface area contributed by atoms with Gasteiger partial charge in [0, 0.05) is 30.9 Å². The van der Waals surface area contributed by atoms with Crippen molar-refractivity contribution in [2.75, 3.05) is 39.5 Å². The lowest BCUT2D eigenvalue weighted by Crippen LogP contribution is -2.45. The molecule has 10 heteroatoms. The van der Waals surface area contributed by atoms with Crippen molar-refractivity contribution in [3.63, 3.8) is 0 Å². The van der Waals surface area contributed by atoms with Gasteiger partial charge in [-0.15, -0.1) is 0 Å². The normalized spacial score (nSPS) is 18.7. The second-order valence-corrected chi connectivity index (χ2v) is 12.5. The molecule has 37 heavy (non-hydrogen) atoms. The molecule has 4 rings (SSSR count). The Morgan fingerprint density at radius 2 is 1.78 bits per heavy atom. The van der Waals surface area contributed by atoms with Crippen LogP contribution in [0.25, 0.3) is 0 Å². The predicted molar refractivity (Wildman–Crippen MR) is 142 cm³/mol. The molecule has 0 saturated carbocycles. The minimum absolute atomic E-state index is 0.198. The average Bonchev–Trinajstić information content (AvgIpc) is 3.17. The third-order valence-electron chi connectivity index (χ3n) is 7.60. The molecule has 2 aliphatic heterocycles. The van der Waals surface area contributed by atoms with Gasteiger partial charge in [0.15, 0.2) is 9.84 Å². The monoisotopic (exact) mass is 547 g/mol. The number of methoxy groups -OCH3 is 1. The van der Waals surface area contributed by atoms with Crippen molar-refractivity contribution in [1.82, 2.24) is 15.1 Å². The number of piperidine rings is 1. The van der Waals surface area contributed by atoms with Crippen LogP contribution in [-0.2, 0) is 25.9 Å². The second-order valence-electron chi connectivity index (χ2n) is 10.0. The molecule has 1 unspecified atom stereocenters. The summed E-state index contributed by atoms with van der Waals surface area (Å²) >= 11 is 6.16. The van der Waals surface area contributed by atoms with E-state index >= 15 is 0 Å². The van der Waals surface area contributed by atoms with Crippen LogP contribution < -0.4 is 5.32 Å².